The van der Waals surface area contributed by atoms with Gasteiger partial charge in [0, 0.05) is 5.56 Å². The van der Waals surface area contributed by atoms with Gasteiger partial charge >= 0.3 is 0 Å². The van der Waals surface area contributed by atoms with E-state index in [1.54, 1.807) is 6.92 Å². The van der Waals surface area contributed by atoms with E-state index >= 15 is 0 Å². The zero-order chi connectivity index (χ0) is 11.5. The summed E-state index contributed by atoms with van der Waals surface area (Å²) < 4.78 is 12.6. The number of nitrogens with zero attached hydrogens (tertiary/aromatic N) is 2. The molecule has 1 aromatic carbocycles. The number of hydrogen-bond acceptors (Lipinski definition) is 4. The molecular weight excluding hydrogens is 229 g/mol. The number of amides is 1. The number of nitrogens with one attached hydrogen (secondary N) is 1. The van der Waals surface area contributed by atoms with Gasteiger partial charge in [0.1, 0.15) is 10.8 Å². The summed E-state index contributed by atoms with van der Waals surface area (Å²) in [5.41, 5.74) is 0.384. The van der Waals surface area contributed by atoms with Crippen molar-refractivity contribution in [3.63, 3.8) is 0 Å². The van der Waals surface area contributed by atoms with E-state index in [9.17, 15) is 9.18 Å². The number of carbonyl (C=O) groups excluding carboxylic acids is 1. The highest BCUT2D eigenvalue weighted by molar-refractivity contribution is 7.15. The molecule has 82 valence electrons. The summed E-state index contributed by atoms with van der Waals surface area (Å²) in [4.78, 5) is 11.6. The number of benzene rings is 1. The summed E-state index contributed by atoms with van der Waals surface area (Å²) in [7, 11) is 0. The lowest BCUT2D eigenvalue weighted by Gasteiger charge is -2.00. The number of anilines is 1. The van der Waals surface area contributed by atoms with E-state index in [0.717, 1.165) is 5.01 Å². The molecule has 1 amide bonds. The van der Waals surface area contributed by atoms with Crippen LogP contribution in [0.25, 0.3) is 0 Å². The van der Waals surface area contributed by atoms with E-state index in [1.165, 1.54) is 35.6 Å². The Bertz CT molecular complexity index is 509. The molecule has 1 N–H and O–H groups in total. The largest absolute Gasteiger partial charge is 0.296 e. The second-order valence-electron chi connectivity index (χ2n) is 3.09. The van der Waals surface area contributed by atoms with Gasteiger partial charge in [-0.1, -0.05) is 11.3 Å². The molecule has 0 saturated carbocycles. The van der Waals surface area contributed by atoms with Crippen molar-refractivity contribution in [1.29, 1.82) is 0 Å². The Hall–Kier alpha value is -1.82. The molecule has 0 spiro atoms. The summed E-state index contributed by atoms with van der Waals surface area (Å²) in [5, 5.41) is 11.3. The van der Waals surface area contributed by atoms with Gasteiger partial charge in [0.2, 0.25) is 5.13 Å². The van der Waals surface area contributed by atoms with Crippen molar-refractivity contribution in [2.45, 2.75) is 6.92 Å². The first-order valence-electron chi connectivity index (χ1n) is 4.52. The molecule has 2 rings (SSSR count). The molecule has 0 saturated heterocycles. The van der Waals surface area contributed by atoms with E-state index < -0.39 is 0 Å². The highest BCUT2D eigenvalue weighted by Gasteiger charge is 2.08. The highest BCUT2D eigenvalue weighted by Crippen LogP contribution is 2.15. The van der Waals surface area contributed by atoms with Crippen LogP contribution in [0.2, 0.25) is 0 Å². The number of aryl methyl sites for hydroxylation is 1. The molecule has 4 nitrogen and oxygen atoms in total. The predicted molar refractivity (Wildman–Crippen MR) is 59.0 cm³/mol. The maximum Gasteiger partial charge on any atom is 0.257 e. The number of carbonyl (C=O) groups is 1. The van der Waals surface area contributed by atoms with Crippen LogP contribution in [0.5, 0.6) is 0 Å². The third-order valence-electron chi connectivity index (χ3n) is 1.85. The number of hydrogen-bond donors (Lipinski definition) is 1. The third kappa shape index (κ3) is 2.40. The lowest BCUT2D eigenvalue weighted by molar-refractivity contribution is 0.102. The quantitative estimate of drug-likeness (QED) is 0.871. The van der Waals surface area contributed by atoms with Crippen LogP contribution in [0.4, 0.5) is 9.52 Å². The average molecular weight is 237 g/mol. The fourth-order valence-electron chi connectivity index (χ4n) is 1.12. The third-order valence-corrected chi connectivity index (χ3v) is 2.61. The van der Waals surface area contributed by atoms with Crippen LogP contribution in [0.1, 0.15) is 15.4 Å². The van der Waals surface area contributed by atoms with E-state index in [2.05, 4.69) is 15.5 Å². The SMILES string of the molecule is Cc1nnc(NC(=O)c2ccc(F)cc2)s1. The zero-order valence-corrected chi connectivity index (χ0v) is 9.21. The Morgan fingerprint density at radius 3 is 2.56 bits per heavy atom. The number of halogens is 1. The molecule has 0 bridgehead atoms. The maximum absolute atomic E-state index is 12.6. The van der Waals surface area contributed by atoms with Crippen LogP contribution in [-0.2, 0) is 0 Å². The van der Waals surface area contributed by atoms with E-state index in [-0.39, 0.29) is 11.7 Å². The maximum atomic E-state index is 12.6. The Kier molecular flexibility index (Phi) is 2.91. The first-order valence-corrected chi connectivity index (χ1v) is 5.34. The van der Waals surface area contributed by atoms with Crippen molar-refractivity contribution < 1.29 is 9.18 Å². The van der Waals surface area contributed by atoms with Crippen LogP contribution in [0, 0.1) is 12.7 Å². The van der Waals surface area contributed by atoms with Gasteiger partial charge in [-0.3, -0.25) is 10.1 Å². The molecule has 0 aliphatic heterocycles. The summed E-state index contributed by atoms with van der Waals surface area (Å²) in [6.07, 6.45) is 0. The minimum atomic E-state index is -0.372. The molecule has 0 atom stereocenters. The first-order chi connectivity index (χ1) is 7.65. The second kappa shape index (κ2) is 4.36. The smallest absolute Gasteiger partial charge is 0.257 e. The molecule has 1 heterocycles. The monoisotopic (exact) mass is 237 g/mol. The average Bonchev–Trinajstić information content (AvgIpc) is 2.65. The molecule has 0 aliphatic rings. The second-order valence-corrected chi connectivity index (χ2v) is 4.27. The summed E-state index contributed by atoms with van der Waals surface area (Å²) in [5.74, 6) is -0.695. The molecule has 0 aliphatic carbocycles. The lowest BCUT2D eigenvalue weighted by atomic mass is 10.2. The van der Waals surface area contributed by atoms with Gasteiger partial charge in [-0.05, 0) is 31.2 Å². The predicted octanol–water partition coefficient (Wildman–Crippen LogP) is 2.24. The van der Waals surface area contributed by atoms with Crippen molar-refractivity contribution in [2.24, 2.45) is 0 Å². The fraction of sp³-hybridized carbons (Fsp3) is 0.100. The van der Waals surface area contributed by atoms with E-state index in [1.807, 2.05) is 0 Å². The number of aromatic nitrogens is 2. The lowest BCUT2D eigenvalue weighted by Crippen LogP contribution is -2.11. The van der Waals surface area contributed by atoms with Crippen molar-refractivity contribution in [3.05, 3.63) is 40.7 Å². The molecule has 6 heteroatoms. The summed E-state index contributed by atoms with van der Waals surface area (Å²) in [6, 6.07) is 5.30. The summed E-state index contributed by atoms with van der Waals surface area (Å²) >= 11 is 1.29. The van der Waals surface area contributed by atoms with Crippen LogP contribution in [0.3, 0.4) is 0 Å². The topological polar surface area (TPSA) is 54.9 Å². The molecule has 0 unspecified atom stereocenters. The molecule has 0 fully saturated rings. The van der Waals surface area contributed by atoms with E-state index in [4.69, 9.17) is 0 Å². The Balaban J connectivity index is 2.11. The normalized spacial score (nSPS) is 10.1. The van der Waals surface area contributed by atoms with Crippen molar-refractivity contribution >= 4 is 22.4 Å². The Morgan fingerprint density at radius 2 is 2.00 bits per heavy atom. The molecule has 1 aromatic heterocycles. The molecular formula is C10H8FN3OS. The minimum Gasteiger partial charge on any atom is -0.296 e. The Morgan fingerprint density at radius 1 is 1.31 bits per heavy atom. The van der Waals surface area contributed by atoms with Gasteiger partial charge in [-0.2, -0.15) is 0 Å². The van der Waals surface area contributed by atoms with Crippen LogP contribution in [-0.4, -0.2) is 16.1 Å². The van der Waals surface area contributed by atoms with Crippen molar-refractivity contribution in [1.82, 2.24) is 10.2 Å². The van der Waals surface area contributed by atoms with Crippen LogP contribution < -0.4 is 5.32 Å². The fourth-order valence-corrected chi connectivity index (χ4v) is 1.70. The van der Waals surface area contributed by atoms with Gasteiger partial charge in [0.05, 0.1) is 0 Å². The van der Waals surface area contributed by atoms with Gasteiger partial charge in [0.15, 0.2) is 0 Å². The van der Waals surface area contributed by atoms with Gasteiger partial charge in [0.25, 0.3) is 5.91 Å². The van der Waals surface area contributed by atoms with Crippen molar-refractivity contribution in [2.75, 3.05) is 5.32 Å². The van der Waals surface area contributed by atoms with Gasteiger partial charge in [-0.15, -0.1) is 10.2 Å². The van der Waals surface area contributed by atoms with Crippen LogP contribution >= 0.6 is 11.3 Å². The molecule has 0 radical (unpaired) electrons. The minimum absolute atomic E-state index is 0.323. The first kappa shape index (κ1) is 10.7. The van der Waals surface area contributed by atoms with Gasteiger partial charge < -0.3 is 0 Å². The molecule has 16 heavy (non-hydrogen) atoms. The molecule has 2 aromatic rings. The van der Waals surface area contributed by atoms with Gasteiger partial charge in [-0.25, -0.2) is 4.39 Å². The zero-order valence-electron chi connectivity index (χ0n) is 8.40. The van der Waals surface area contributed by atoms with E-state index in [0.29, 0.717) is 10.7 Å². The van der Waals surface area contributed by atoms with Crippen LogP contribution in [0.15, 0.2) is 24.3 Å². The van der Waals surface area contributed by atoms with Crippen molar-refractivity contribution in [3.8, 4) is 0 Å². The number of rotatable bonds is 2. The summed E-state index contributed by atoms with van der Waals surface area (Å²) in [6.45, 7) is 1.80. The standard InChI is InChI=1S/C10H8FN3OS/c1-6-13-14-10(16-6)12-9(15)7-2-4-8(11)5-3-7/h2-5H,1H3,(H,12,14,15). The Labute approximate surface area is 95.1 Å². The highest BCUT2D eigenvalue weighted by atomic mass is 32.1.